The van der Waals surface area contributed by atoms with Crippen molar-refractivity contribution in [1.29, 1.82) is 5.26 Å². The van der Waals surface area contributed by atoms with Crippen molar-refractivity contribution >= 4 is 0 Å². The maximum absolute atomic E-state index is 9.00. The molecular weight excluding hydrogens is 250 g/mol. The van der Waals surface area contributed by atoms with Crippen molar-refractivity contribution in [2.75, 3.05) is 26.7 Å². The average molecular weight is 273 g/mol. The molecule has 0 amide bonds. The summed E-state index contributed by atoms with van der Waals surface area (Å²) >= 11 is 0. The molecule has 2 N–H and O–H groups in total. The number of rotatable bonds is 4. The molecule has 20 heavy (non-hydrogen) atoms. The van der Waals surface area contributed by atoms with Crippen LogP contribution in [0.15, 0.2) is 18.2 Å². The minimum absolute atomic E-state index is 0.586. The number of nitrogens with two attached hydrogens (primary N) is 1. The maximum Gasteiger partial charge on any atom is 0.136 e. The quantitative estimate of drug-likeness (QED) is 0.911. The summed E-state index contributed by atoms with van der Waals surface area (Å²) < 4.78 is 5.26. The summed E-state index contributed by atoms with van der Waals surface area (Å²) in [5, 5.41) is 9.00. The lowest BCUT2D eigenvalue weighted by Gasteiger charge is -2.36. The van der Waals surface area contributed by atoms with Crippen LogP contribution in [-0.4, -0.2) is 31.6 Å². The molecule has 0 spiro atoms. The van der Waals surface area contributed by atoms with Gasteiger partial charge in [-0.2, -0.15) is 5.26 Å². The SMILES string of the molecule is COc1cc(CN2CCC(C)C(CN)C2)ccc1C#N. The predicted molar refractivity (Wildman–Crippen MR) is 79.3 cm³/mol. The van der Waals surface area contributed by atoms with E-state index in [9.17, 15) is 0 Å². The van der Waals surface area contributed by atoms with Crippen LogP contribution in [-0.2, 0) is 6.54 Å². The van der Waals surface area contributed by atoms with Crippen molar-refractivity contribution in [2.24, 2.45) is 17.6 Å². The highest BCUT2D eigenvalue weighted by molar-refractivity contribution is 5.45. The largest absolute Gasteiger partial charge is 0.495 e. The normalized spacial score (nSPS) is 23.3. The zero-order chi connectivity index (χ0) is 14.5. The van der Waals surface area contributed by atoms with E-state index < -0.39 is 0 Å². The van der Waals surface area contributed by atoms with Gasteiger partial charge in [0.1, 0.15) is 11.8 Å². The van der Waals surface area contributed by atoms with E-state index in [-0.39, 0.29) is 0 Å². The topological polar surface area (TPSA) is 62.3 Å². The molecule has 2 rings (SSSR count). The number of benzene rings is 1. The zero-order valence-electron chi connectivity index (χ0n) is 12.3. The van der Waals surface area contributed by atoms with Crippen molar-refractivity contribution in [2.45, 2.75) is 19.9 Å². The summed E-state index contributed by atoms with van der Waals surface area (Å²) in [4.78, 5) is 2.44. The number of hydrogen-bond acceptors (Lipinski definition) is 4. The number of methoxy groups -OCH3 is 1. The summed E-state index contributed by atoms with van der Waals surface area (Å²) in [6, 6.07) is 7.96. The lowest BCUT2D eigenvalue weighted by molar-refractivity contribution is 0.126. The highest BCUT2D eigenvalue weighted by Gasteiger charge is 2.25. The van der Waals surface area contributed by atoms with Crippen LogP contribution in [0.3, 0.4) is 0 Å². The van der Waals surface area contributed by atoms with Gasteiger partial charge in [0.05, 0.1) is 12.7 Å². The average Bonchev–Trinajstić information content (AvgIpc) is 2.49. The molecule has 0 aromatic heterocycles. The van der Waals surface area contributed by atoms with Crippen molar-refractivity contribution in [3.05, 3.63) is 29.3 Å². The molecule has 4 nitrogen and oxygen atoms in total. The standard InChI is InChI=1S/C16H23N3O/c1-12-5-6-19(11-15(12)9-18)10-13-3-4-14(8-17)16(7-13)20-2/h3-4,7,12,15H,5-6,9-11,18H2,1-2H3. The van der Waals surface area contributed by atoms with Crippen molar-refractivity contribution in [1.82, 2.24) is 4.90 Å². The third-order valence-corrected chi connectivity index (χ3v) is 4.29. The lowest BCUT2D eigenvalue weighted by Crippen LogP contribution is -2.42. The third kappa shape index (κ3) is 3.30. The molecule has 1 heterocycles. The number of ether oxygens (including phenoxy) is 1. The van der Waals surface area contributed by atoms with Crippen LogP contribution in [0.5, 0.6) is 5.75 Å². The van der Waals surface area contributed by atoms with Gasteiger partial charge in [-0.25, -0.2) is 0 Å². The molecule has 0 radical (unpaired) electrons. The van der Waals surface area contributed by atoms with Crippen LogP contribution < -0.4 is 10.5 Å². The highest BCUT2D eigenvalue weighted by atomic mass is 16.5. The molecule has 1 aliphatic rings. The lowest BCUT2D eigenvalue weighted by atomic mass is 9.87. The number of nitrogens with zero attached hydrogens (tertiary/aromatic N) is 2. The summed E-state index contributed by atoms with van der Waals surface area (Å²) in [6.07, 6.45) is 1.20. The number of nitriles is 1. The van der Waals surface area contributed by atoms with Crippen LogP contribution in [0, 0.1) is 23.2 Å². The van der Waals surface area contributed by atoms with E-state index in [1.807, 2.05) is 18.2 Å². The Labute approximate surface area is 121 Å². The molecule has 1 aromatic rings. The summed E-state index contributed by atoms with van der Waals surface area (Å²) in [6.45, 7) is 6.11. The Kier molecular flexibility index (Phi) is 4.99. The Hall–Kier alpha value is -1.57. The second-order valence-electron chi connectivity index (χ2n) is 5.64. The first-order valence-corrected chi connectivity index (χ1v) is 7.17. The summed E-state index contributed by atoms with van der Waals surface area (Å²) in [7, 11) is 1.60. The van der Waals surface area contributed by atoms with Crippen molar-refractivity contribution in [3.8, 4) is 11.8 Å². The zero-order valence-corrected chi connectivity index (χ0v) is 12.3. The smallest absolute Gasteiger partial charge is 0.136 e. The molecule has 1 saturated heterocycles. The van der Waals surface area contributed by atoms with Crippen LogP contribution in [0.2, 0.25) is 0 Å². The molecule has 0 saturated carbocycles. The van der Waals surface area contributed by atoms with Gasteiger partial charge in [-0.15, -0.1) is 0 Å². The number of piperidine rings is 1. The van der Waals surface area contributed by atoms with Gasteiger partial charge >= 0.3 is 0 Å². The van der Waals surface area contributed by atoms with E-state index in [0.717, 1.165) is 26.2 Å². The molecule has 1 aromatic carbocycles. The van der Waals surface area contributed by atoms with Crippen molar-refractivity contribution < 1.29 is 4.74 Å². The second-order valence-corrected chi connectivity index (χ2v) is 5.64. The second kappa shape index (κ2) is 6.74. The van der Waals surface area contributed by atoms with E-state index in [1.54, 1.807) is 7.11 Å². The Morgan fingerprint density at radius 2 is 2.30 bits per heavy atom. The molecule has 2 atom stereocenters. The van der Waals surface area contributed by atoms with Crippen LogP contribution in [0.25, 0.3) is 0 Å². The monoisotopic (exact) mass is 273 g/mol. The van der Waals surface area contributed by atoms with E-state index in [0.29, 0.717) is 23.1 Å². The molecule has 108 valence electrons. The van der Waals surface area contributed by atoms with Crippen LogP contribution in [0.1, 0.15) is 24.5 Å². The maximum atomic E-state index is 9.00. The minimum atomic E-state index is 0.586. The summed E-state index contributed by atoms with van der Waals surface area (Å²) in [5.74, 6) is 1.96. The van der Waals surface area contributed by atoms with Gasteiger partial charge in [-0.1, -0.05) is 13.0 Å². The number of hydrogen-bond donors (Lipinski definition) is 1. The molecule has 0 bridgehead atoms. The predicted octanol–water partition coefficient (Wildman–Crippen LogP) is 1.98. The van der Waals surface area contributed by atoms with Gasteiger partial charge in [-0.05, 0) is 49.0 Å². The van der Waals surface area contributed by atoms with Gasteiger partial charge in [0.2, 0.25) is 0 Å². The van der Waals surface area contributed by atoms with E-state index in [2.05, 4.69) is 17.9 Å². The van der Waals surface area contributed by atoms with E-state index >= 15 is 0 Å². The fraction of sp³-hybridized carbons (Fsp3) is 0.562. The molecule has 1 aliphatic heterocycles. The minimum Gasteiger partial charge on any atom is -0.495 e. The first-order valence-electron chi connectivity index (χ1n) is 7.17. The first kappa shape index (κ1) is 14.8. The fourth-order valence-electron chi connectivity index (χ4n) is 2.86. The van der Waals surface area contributed by atoms with Gasteiger partial charge < -0.3 is 10.5 Å². The Morgan fingerprint density at radius 1 is 1.50 bits per heavy atom. The van der Waals surface area contributed by atoms with Gasteiger partial charge in [-0.3, -0.25) is 4.90 Å². The molecule has 0 aliphatic carbocycles. The molecule has 1 fully saturated rings. The fourth-order valence-corrected chi connectivity index (χ4v) is 2.86. The molecule has 4 heteroatoms. The highest BCUT2D eigenvalue weighted by Crippen LogP contribution is 2.25. The first-order chi connectivity index (χ1) is 9.67. The van der Waals surface area contributed by atoms with Crippen LogP contribution >= 0.6 is 0 Å². The Bertz CT molecular complexity index is 495. The van der Waals surface area contributed by atoms with Crippen LogP contribution in [0.4, 0.5) is 0 Å². The van der Waals surface area contributed by atoms with E-state index in [4.69, 9.17) is 15.7 Å². The Morgan fingerprint density at radius 3 is 2.95 bits per heavy atom. The number of likely N-dealkylation sites (tertiary alicyclic amines) is 1. The van der Waals surface area contributed by atoms with Gasteiger partial charge in [0, 0.05) is 13.1 Å². The van der Waals surface area contributed by atoms with Crippen molar-refractivity contribution in [3.63, 3.8) is 0 Å². The van der Waals surface area contributed by atoms with Gasteiger partial charge in [0.25, 0.3) is 0 Å². The van der Waals surface area contributed by atoms with E-state index in [1.165, 1.54) is 12.0 Å². The molecule has 2 unspecified atom stereocenters. The Balaban J connectivity index is 2.05. The summed E-state index contributed by atoms with van der Waals surface area (Å²) in [5.41, 5.74) is 7.62. The molecular formula is C16H23N3O. The third-order valence-electron chi connectivity index (χ3n) is 4.29. The van der Waals surface area contributed by atoms with Gasteiger partial charge in [0.15, 0.2) is 0 Å².